The number of amides is 1. The Morgan fingerprint density at radius 1 is 1.03 bits per heavy atom. The van der Waals surface area contributed by atoms with Crippen molar-refractivity contribution in [2.75, 3.05) is 5.32 Å². The Morgan fingerprint density at radius 2 is 1.70 bits per heavy atom. The molecule has 1 aromatic heterocycles. The Labute approximate surface area is 179 Å². The molecule has 1 heterocycles. The van der Waals surface area contributed by atoms with Crippen molar-refractivity contribution < 1.29 is 9.53 Å². The average molecular weight is 406 g/mol. The molecule has 0 fully saturated rings. The molecule has 0 radical (unpaired) electrons. The summed E-state index contributed by atoms with van der Waals surface area (Å²) in [5.41, 5.74) is 3.87. The highest BCUT2D eigenvalue weighted by molar-refractivity contribution is 6.04. The standard InChI is InChI=1S/C21H19N3O2.2C2H6/c1-15-7-9-16(10-8-15)21(25)24-18-6-4-3-5-17(18)14-26-20-11-12-23-13-19(20)22-2;2*1-2/h3-13H,2,14H2,1H3,(H,24,25);2*1-2H3. The zero-order valence-corrected chi connectivity index (χ0v) is 18.5. The fourth-order valence-corrected chi connectivity index (χ4v) is 2.44. The predicted molar refractivity (Wildman–Crippen MR) is 126 cm³/mol. The largest absolute Gasteiger partial charge is 0.486 e. The molecular weight excluding hydrogens is 374 g/mol. The predicted octanol–water partition coefficient (Wildman–Crippen LogP) is 6.61. The van der Waals surface area contributed by atoms with E-state index in [2.05, 4.69) is 22.0 Å². The maximum Gasteiger partial charge on any atom is 0.255 e. The van der Waals surface area contributed by atoms with Crippen molar-refractivity contribution in [2.24, 2.45) is 4.99 Å². The highest BCUT2D eigenvalue weighted by atomic mass is 16.5. The van der Waals surface area contributed by atoms with Crippen molar-refractivity contribution in [3.63, 3.8) is 0 Å². The van der Waals surface area contributed by atoms with Crippen molar-refractivity contribution in [1.82, 2.24) is 4.98 Å². The van der Waals surface area contributed by atoms with Gasteiger partial charge in [0.2, 0.25) is 0 Å². The van der Waals surface area contributed by atoms with E-state index in [0.29, 0.717) is 22.7 Å². The topological polar surface area (TPSA) is 63.6 Å². The number of rotatable bonds is 6. The van der Waals surface area contributed by atoms with Crippen LogP contribution in [0, 0.1) is 6.92 Å². The maximum atomic E-state index is 12.5. The molecule has 0 saturated heterocycles. The van der Waals surface area contributed by atoms with Gasteiger partial charge in [-0.1, -0.05) is 63.6 Å². The van der Waals surface area contributed by atoms with Crippen LogP contribution in [0.2, 0.25) is 0 Å². The summed E-state index contributed by atoms with van der Waals surface area (Å²) in [5.74, 6) is 0.435. The van der Waals surface area contributed by atoms with E-state index in [1.54, 1.807) is 18.5 Å². The number of nitrogens with one attached hydrogen (secondary N) is 1. The molecule has 1 N–H and O–H groups in total. The number of carbonyl (C=O) groups is 1. The summed E-state index contributed by atoms with van der Waals surface area (Å²) in [6.07, 6.45) is 3.22. The van der Waals surface area contributed by atoms with Crippen LogP contribution < -0.4 is 10.1 Å². The smallest absolute Gasteiger partial charge is 0.255 e. The van der Waals surface area contributed by atoms with E-state index in [4.69, 9.17) is 4.74 Å². The zero-order chi connectivity index (χ0) is 22.4. The first-order chi connectivity index (χ1) is 14.7. The summed E-state index contributed by atoms with van der Waals surface area (Å²) < 4.78 is 5.83. The fourth-order valence-electron chi connectivity index (χ4n) is 2.44. The van der Waals surface area contributed by atoms with Gasteiger partial charge in [-0.2, -0.15) is 0 Å². The number of hydrogen-bond donors (Lipinski definition) is 1. The van der Waals surface area contributed by atoms with E-state index >= 15 is 0 Å². The van der Waals surface area contributed by atoms with Crippen LogP contribution in [0.25, 0.3) is 0 Å². The van der Waals surface area contributed by atoms with Gasteiger partial charge in [-0.15, -0.1) is 0 Å². The molecule has 0 unspecified atom stereocenters. The quantitative estimate of drug-likeness (QED) is 0.470. The highest BCUT2D eigenvalue weighted by Gasteiger charge is 2.10. The molecule has 0 atom stereocenters. The second-order valence-electron chi connectivity index (χ2n) is 5.77. The van der Waals surface area contributed by atoms with Crippen molar-refractivity contribution in [1.29, 1.82) is 0 Å². The minimum absolute atomic E-state index is 0.158. The molecule has 30 heavy (non-hydrogen) atoms. The normalized spacial score (nSPS) is 9.23. The second kappa shape index (κ2) is 13.7. The molecule has 0 saturated carbocycles. The zero-order valence-electron chi connectivity index (χ0n) is 18.5. The molecule has 3 rings (SSSR count). The average Bonchev–Trinajstić information content (AvgIpc) is 2.81. The number of pyridine rings is 1. The molecule has 2 aromatic carbocycles. The highest BCUT2D eigenvalue weighted by Crippen LogP contribution is 2.27. The van der Waals surface area contributed by atoms with E-state index in [9.17, 15) is 4.79 Å². The van der Waals surface area contributed by atoms with Gasteiger partial charge in [-0.25, -0.2) is 0 Å². The van der Waals surface area contributed by atoms with Gasteiger partial charge >= 0.3 is 0 Å². The molecule has 0 aliphatic heterocycles. The van der Waals surface area contributed by atoms with Gasteiger partial charge in [0, 0.05) is 29.1 Å². The molecular formula is C25H31N3O2. The minimum Gasteiger partial charge on any atom is -0.486 e. The van der Waals surface area contributed by atoms with E-state index < -0.39 is 0 Å². The maximum absolute atomic E-state index is 12.5. The van der Waals surface area contributed by atoms with E-state index in [1.165, 1.54) is 0 Å². The van der Waals surface area contributed by atoms with E-state index in [-0.39, 0.29) is 12.5 Å². The number of carbonyl (C=O) groups excluding carboxylic acids is 1. The number of aryl methyl sites for hydroxylation is 1. The first-order valence-electron chi connectivity index (χ1n) is 10.2. The minimum atomic E-state index is -0.158. The van der Waals surface area contributed by atoms with Crippen LogP contribution >= 0.6 is 0 Å². The molecule has 3 aromatic rings. The van der Waals surface area contributed by atoms with Crippen LogP contribution in [0.5, 0.6) is 5.75 Å². The fraction of sp³-hybridized carbons (Fsp3) is 0.240. The summed E-state index contributed by atoms with van der Waals surface area (Å²) in [5, 5.41) is 2.94. The third-order valence-corrected chi connectivity index (χ3v) is 3.89. The lowest BCUT2D eigenvalue weighted by Gasteiger charge is -2.13. The Morgan fingerprint density at radius 3 is 2.37 bits per heavy atom. The number of hydrogen-bond acceptors (Lipinski definition) is 4. The Bertz CT molecular complexity index is 922. The lowest BCUT2D eigenvalue weighted by molar-refractivity contribution is 0.102. The molecule has 0 aliphatic rings. The van der Waals surface area contributed by atoms with Crippen molar-refractivity contribution in [3.8, 4) is 5.75 Å². The van der Waals surface area contributed by atoms with Gasteiger partial charge in [0.05, 0.1) is 6.20 Å². The van der Waals surface area contributed by atoms with Crippen LogP contribution in [0.1, 0.15) is 49.2 Å². The van der Waals surface area contributed by atoms with Crippen LogP contribution in [-0.2, 0) is 6.61 Å². The van der Waals surface area contributed by atoms with Crippen molar-refractivity contribution in [2.45, 2.75) is 41.2 Å². The van der Waals surface area contributed by atoms with E-state index in [1.807, 2.05) is 83.1 Å². The van der Waals surface area contributed by atoms with Gasteiger partial charge < -0.3 is 10.1 Å². The third kappa shape index (κ3) is 7.17. The first kappa shape index (κ1) is 24.6. The van der Waals surface area contributed by atoms with Gasteiger partial charge in [-0.05, 0) is 31.8 Å². The number of para-hydroxylation sites is 1. The summed E-state index contributed by atoms with van der Waals surface area (Å²) in [6.45, 7) is 13.8. The molecule has 158 valence electrons. The van der Waals surface area contributed by atoms with Crippen molar-refractivity contribution in [3.05, 3.63) is 83.7 Å². The number of benzene rings is 2. The number of nitrogens with zero attached hydrogens (tertiary/aromatic N) is 2. The number of aliphatic imine (C=N–C) groups is 1. The number of anilines is 1. The van der Waals surface area contributed by atoms with Crippen LogP contribution in [0.15, 0.2) is 72.0 Å². The lowest BCUT2D eigenvalue weighted by atomic mass is 10.1. The van der Waals surface area contributed by atoms with Crippen LogP contribution in [-0.4, -0.2) is 17.6 Å². The first-order valence-corrected chi connectivity index (χ1v) is 10.2. The Hall–Kier alpha value is -3.47. The van der Waals surface area contributed by atoms with Crippen molar-refractivity contribution >= 4 is 24.0 Å². The third-order valence-electron chi connectivity index (χ3n) is 3.89. The monoisotopic (exact) mass is 405 g/mol. The molecule has 0 spiro atoms. The molecule has 1 amide bonds. The lowest BCUT2D eigenvalue weighted by Crippen LogP contribution is -2.13. The summed E-state index contributed by atoms with van der Waals surface area (Å²) >= 11 is 0. The second-order valence-corrected chi connectivity index (χ2v) is 5.77. The van der Waals surface area contributed by atoms with Gasteiger partial charge in [0.15, 0.2) is 0 Å². The van der Waals surface area contributed by atoms with Gasteiger partial charge in [-0.3, -0.25) is 14.8 Å². The van der Waals surface area contributed by atoms with E-state index in [0.717, 1.165) is 11.1 Å². The molecule has 5 nitrogen and oxygen atoms in total. The number of ether oxygens (including phenoxy) is 1. The Kier molecular flexibility index (Phi) is 11.2. The summed E-state index contributed by atoms with van der Waals surface area (Å²) in [4.78, 5) is 20.4. The van der Waals surface area contributed by atoms with Gasteiger partial charge in [0.25, 0.3) is 5.91 Å². The molecule has 5 heteroatoms. The number of aromatic nitrogens is 1. The molecule has 0 aliphatic carbocycles. The van der Waals surface area contributed by atoms with Gasteiger partial charge in [0.1, 0.15) is 18.0 Å². The SMILES string of the molecule is C=Nc1cnccc1OCc1ccccc1NC(=O)c1ccc(C)cc1.CC.CC. The molecule has 0 bridgehead atoms. The summed E-state index contributed by atoms with van der Waals surface area (Å²) in [6, 6.07) is 16.7. The van der Waals surface area contributed by atoms with Crippen LogP contribution in [0.4, 0.5) is 11.4 Å². The Balaban J connectivity index is 0.00000106. The van der Waals surface area contributed by atoms with Crippen LogP contribution in [0.3, 0.4) is 0 Å². The summed E-state index contributed by atoms with van der Waals surface area (Å²) in [7, 11) is 0.